The Hall–Kier alpha value is -3.59. The highest BCUT2D eigenvalue weighted by molar-refractivity contribution is 6.10. The van der Waals surface area contributed by atoms with Crippen LogP contribution in [0.4, 0.5) is 0 Å². The molecule has 1 aliphatic rings. The second-order valence-electron chi connectivity index (χ2n) is 9.26. The lowest BCUT2D eigenvalue weighted by atomic mass is 9.75. The van der Waals surface area contributed by atoms with E-state index in [4.69, 9.17) is 14.2 Å². The Bertz CT molecular complexity index is 1120. The van der Waals surface area contributed by atoms with Gasteiger partial charge < -0.3 is 24.0 Å². The van der Waals surface area contributed by atoms with Crippen LogP contribution < -0.4 is 14.2 Å². The van der Waals surface area contributed by atoms with Crippen LogP contribution >= 0.6 is 0 Å². The number of carbonyl (C=O) groups is 3. The summed E-state index contributed by atoms with van der Waals surface area (Å²) in [6.07, 6.45) is -0.199. The topological polar surface area (TPSA) is 88.6 Å². The van der Waals surface area contributed by atoms with Gasteiger partial charge in [0.1, 0.15) is 5.75 Å². The Morgan fingerprint density at radius 3 is 2.33 bits per heavy atom. The third-order valence-corrected chi connectivity index (χ3v) is 6.55. The third-order valence-electron chi connectivity index (χ3n) is 6.55. The van der Waals surface area contributed by atoms with Crippen LogP contribution in [0.5, 0.6) is 17.2 Å². The number of amides is 3. The summed E-state index contributed by atoms with van der Waals surface area (Å²) in [6, 6.07) is 12.5. The number of ether oxygens (including phenoxy) is 3. The van der Waals surface area contributed by atoms with Crippen LogP contribution in [-0.4, -0.2) is 88.0 Å². The van der Waals surface area contributed by atoms with Gasteiger partial charge in [0, 0.05) is 39.5 Å². The van der Waals surface area contributed by atoms with Crippen molar-refractivity contribution in [2.24, 2.45) is 0 Å². The summed E-state index contributed by atoms with van der Waals surface area (Å²) in [4.78, 5) is 45.0. The van der Waals surface area contributed by atoms with E-state index in [9.17, 15) is 14.4 Å². The molecule has 2 aromatic carbocycles. The molecule has 1 heterocycles. The van der Waals surface area contributed by atoms with Crippen LogP contribution in [-0.2, 0) is 26.3 Å². The normalized spacial score (nSPS) is 17.5. The zero-order valence-corrected chi connectivity index (χ0v) is 21.9. The van der Waals surface area contributed by atoms with Gasteiger partial charge in [-0.05, 0) is 49.5 Å². The molecule has 0 aromatic heterocycles. The molecule has 9 heteroatoms. The van der Waals surface area contributed by atoms with Crippen molar-refractivity contribution in [3.8, 4) is 17.2 Å². The Labute approximate surface area is 212 Å². The lowest BCUT2D eigenvalue weighted by Crippen LogP contribution is -2.44. The summed E-state index contributed by atoms with van der Waals surface area (Å²) in [5.74, 6) is 0.848. The van der Waals surface area contributed by atoms with E-state index in [-0.39, 0.29) is 37.1 Å². The van der Waals surface area contributed by atoms with Gasteiger partial charge in [-0.15, -0.1) is 0 Å². The predicted molar refractivity (Wildman–Crippen MR) is 135 cm³/mol. The molecule has 36 heavy (non-hydrogen) atoms. The molecule has 1 fully saturated rings. The second kappa shape index (κ2) is 11.4. The predicted octanol–water partition coefficient (Wildman–Crippen LogP) is 2.32. The van der Waals surface area contributed by atoms with Crippen molar-refractivity contribution in [2.75, 3.05) is 55.6 Å². The smallest absolute Gasteiger partial charge is 0.240 e. The van der Waals surface area contributed by atoms with Crippen LogP contribution in [0.3, 0.4) is 0 Å². The third kappa shape index (κ3) is 5.62. The minimum atomic E-state index is -1.29. The van der Waals surface area contributed by atoms with E-state index in [0.29, 0.717) is 35.9 Å². The number of imide groups is 1. The van der Waals surface area contributed by atoms with Crippen molar-refractivity contribution in [1.29, 1.82) is 0 Å². The monoisotopic (exact) mass is 497 g/mol. The molecule has 1 saturated heterocycles. The summed E-state index contributed by atoms with van der Waals surface area (Å²) in [6.45, 7) is 1.12. The molecule has 0 N–H and O–H groups in total. The number of nitrogens with zero attached hydrogens (tertiary/aromatic N) is 3. The molecule has 0 bridgehead atoms. The molecule has 0 saturated carbocycles. The Morgan fingerprint density at radius 1 is 0.972 bits per heavy atom. The first-order chi connectivity index (χ1) is 17.1. The van der Waals surface area contributed by atoms with Crippen LogP contribution in [0.15, 0.2) is 42.5 Å². The maximum absolute atomic E-state index is 13.8. The SMILES string of the molecule is COc1cccc([C@]2(CC(=O)N(C)Cc3ccc(OC)c(OC)c3)CC(=O)N(CCN(C)C)C2=O)c1. The van der Waals surface area contributed by atoms with Gasteiger partial charge in [0.05, 0.1) is 26.7 Å². The fourth-order valence-electron chi connectivity index (χ4n) is 4.45. The molecular weight excluding hydrogens is 462 g/mol. The molecule has 1 atom stereocenters. The molecule has 0 radical (unpaired) electrons. The summed E-state index contributed by atoms with van der Waals surface area (Å²) in [7, 11) is 10.1. The summed E-state index contributed by atoms with van der Waals surface area (Å²) in [5.41, 5.74) is 0.154. The van der Waals surface area contributed by atoms with E-state index in [1.807, 2.05) is 31.1 Å². The Balaban J connectivity index is 1.90. The molecule has 0 spiro atoms. The first-order valence-electron chi connectivity index (χ1n) is 11.7. The van der Waals surface area contributed by atoms with E-state index >= 15 is 0 Å². The number of hydrogen-bond donors (Lipinski definition) is 0. The molecule has 0 aliphatic carbocycles. The molecule has 1 aliphatic heterocycles. The largest absolute Gasteiger partial charge is 0.497 e. The van der Waals surface area contributed by atoms with Crippen molar-refractivity contribution in [3.05, 3.63) is 53.6 Å². The summed E-state index contributed by atoms with van der Waals surface area (Å²) < 4.78 is 16.0. The van der Waals surface area contributed by atoms with Gasteiger partial charge in [-0.1, -0.05) is 18.2 Å². The fraction of sp³-hybridized carbons (Fsp3) is 0.444. The van der Waals surface area contributed by atoms with Crippen LogP contribution in [0.2, 0.25) is 0 Å². The van der Waals surface area contributed by atoms with Crippen molar-refractivity contribution >= 4 is 17.7 Å². The molecule has 3 rings (SSSR count). The lowest BCUT2D eigenvalue weighted by Gasteiger charge is -2.30. The number of carbonyl (C=O) groups excluding carboxylic acids is 3. The molecular formula is C27H35N3O6. The van der Waals surface area contributed by atoms with Gasteiger partial charge in [0.25, 0.3) is 0 Å². The number of methoxy groups -OCH3 is 3. The Morgan fingerprint density at radius 2 is 1.69 bits per heavy atom. The molecule has 9 nitrogen and oxygen atoms in total. The number of likely N-dealkylation sites (tertiary alicyclic amines) is 1. The quantitative estimate of drug-likeness (QED) is 0.440. The zero-order chi connectivity index (χ0) is 26.5. The summed E-state index contributed by atoms with van der Waals surface area (Å²) >= 11 is 0. The average Bonchev–Trinajstić information content (AvgIpc) is 3.11. The number of benzene rings is 2. The van der Waals surface area contributed by atoms with Crippen LogP contribution in [0.1, 0.15) is 24.0 Å². The lowest BCUT2D eigenvalue weighted by molar-refractivity contribution is -0.142. The maximum Gasteiger partial charge on any atom is 0.240 e. The zero-order valence-electron chi connectivity index (χ0n) is 21.9. The van der Waals surface area contributed by atoms with Crippen LogP contribution in [0, 0.1) is 0 Å². The number of rotatable bonds is 11. The minimum Gasteiger partial charge on any atom is -0.497 e. The van der Waals surface area contributed by atoms with Crippen molar-refractivity contribution in [1.82, 2.24) is 14.7 Å². The van der Waals surface area contributed by atoms with Gasteiger partial charge in [-0.2, -0.15) is 0 Å². The van der Waals surface area contributed by atoms with Crippen LogP contribution in [0.25, 0.3) is 0 Å². The first kappa shape index (κ1) is 27.0. The molecule has 3 amide bonds. The highest BCUT2D eigenvalue weighted by Gasteiger charge is 2.54. The second-order valence-corrected chi connectivity index (χ2v) is 9.26. The number of likely N-dealkylation sites (N-methyl/N-ethyl adjacent to an activating group) is 1. The van der Waals surface area contributed by atoms with Gasteiger partial charge in [0.15, 0.2) is 11.5 Å². The van der Waals surface area contributed by atoms with E-state index in [2.05, 4.69) is 0 Å². The van der Waals surface area contributed by atoms with Crippen molar-refractivity contribution < 1.29 is 28.6 Å². The summed E-state index contributed by atoms with van der Waals surface area (Å²) in [5, 5.41) is 0. The average molecular weight is 498 g/mol. The highest BCUT2D eigenvalue weighted by Crippen LogP contribution is 2.41. The van der Waals surface area contributed by atoms with Gasteiger partial charge in [-0.25, -0.2) is 0 Å². The van der Waals surface area contributed by atoms with E-state index < -0.39 is 5.41 Å². The van der Waals surface area contributed by atoms with Crippen molar-refractivity contribution in [2.45, 2.75) is 24.8 Å². The highest BCUT2D eigenvalue weighted by atomic mass is 16.5. The van der Waals surface area contributed by atoms with Gasteiger partial charge in [-0.3, -0.25) is 19.3 Å². The fourth-order valence-corrected chi connectivity index (χ4v) is 4.45. The van der Waals surface area contributed by atoms with E-state index in [1.54, 1.807) is 63.6 Å². The van der Waals surface area contributed by atoms with E-state index in [1.165, 1.54) is 4.90 Å². The maximum atomic E-state index is 13.8. The molecule has 194 valence electrons. The Kier molecular flexibility index (Phi) is 8.57. The van der Waals surface area contributed by atoms with Gasteiger partial charge in [0.2, 0.25) is 17.7 Å². The molecule has 0 unspecified atom stereocenters. The minimum absolute atomic E-state index is 0.0671. The number of hydrogen-bond acceptors (Lipinski definition) is 7. The first-order valence-corrected chi connectivity index (χ1v) is 11.7. The van der Waals surface area contributed by atoms with E-state index in [0.717, 1.165) is 5.56 Å². The standard InChI is InChI=1S/C27H35N3O6/c1-28(2)12-13-30-25(32)17-27(26(30)33,20-8-7-9-21(15-20)34-4)16-24(31)29(3)18-19-10-11-22(35-5)23(14-19)36-6/h7-11,14-15H,12-13,16-18H2,1-6H3/t27-/m0/s1. The molecule has 2 aromatic rings. The van der Waals surface area contributed by atoms with Crippen molar-refractivity contribution in [3.63, 3.8) is 0 Å². The van der Waals surface area contributed by atoms with Gasteiger partial charge >= 0.3 is 0 Å².